The largest absolute Gasteiger partial charge is 0.388 e. The molecule has 0 unspecified atom stereocenters. The molecule has 0 bridgehead atoms. The van der Waals surface area contributed by atoms with E-state index in [-0.39, 0.29) is 5.92 Å². The lowest BCUT2D eigenvalue weighted by atomic mass is 9.83. The average Bonchev–Trinajstić information content (AvgIpc) is 3.25. The Labute approximate surface area is 173 Å². The van der Waals surface area contributed by atoms with Crippen molar-refractivity contribution in [2.45, 2.75) is 37.9 Å². The molecule has 154 valence electrons. The zero-order valence-corrected chi connectivity index (χ0v) is 17.0. The van der Waals surface area contributed by atoms with Gasteiger partial charge in [0.1, 0.15) is 23.7 Å². The SMILES string of the molecule is CONc1ncnc2c1ccn2[C@@H]1O[C@H]([C@](C)(O)c2ccc(Cl)cc2)[C@@H](C)[C@H]1O. The summed E-state index contributed by atoms with van der Waals surface area (Å²) in [6.45, 7) is 3.54. The summed E-state index contributed by atoms with van der Waals surface area (Å²) in [4.78, 5) is 13.4. The molecule has 1 fully saturated rings. The molecule has 1 aliphatic heterocycles. The Hall–Kier alpha value is -2.23. The molecule has 1 saturated heterocycles. The summed E-state index contributed by atoms with van der Waals surface area (Å²) < 4.78 is 7.95. The second-order valence-corrected chi connectivity index (χ2v) is 7.88. The zero-order chi connectivity index (χ0) is 20.8. The van der Waals surface area contributed by atoms with Crippen LogP contribution in [0.1, 0.15) is 25.6 Å². The third kappa shape index (κ3) is 3.37. The quantitative estimate of drug-likeness (QED) is 0.547. The van der Waals surface area contributed by atoms with Gasteiger partial charge < -0.3 is 19.5 Å². The van der Waals surface area contributed by atoms with E-state index in [9.17, 15) is 10.2 Å². The summed E-state index contributed by atoms with van der Waals surface area (Å²) in [6, 6.07) is 8.79. The predicted octanol–water partition coefficient (Wildman–Crippen LogP) is 2.86. The number of nitrogens with one attached hydrogen (secondary N) is 1. The molecule has 29 heavy (non-hydrogen) atoms. The highest BCUT2D eigenvalue weighted by molar-refractivity contribution is 6.30. The Bertz CT molecular complexity index is 1010. The molecule has 2 aromatic heterocycles. The van der Waals surface area contributed by atoms with E-state index < -0.39 is 24.0 Å². The van der Waals surface area contributed by atoms with Crippen LogP contribution in [-0.4, -0.2) is 44.1 Å². The number of halogens is 1. The number of aliphatic hydroxyl groups is 2. The van der Waals surface area contributed by atoms with Crippen LogP contribution >= 0.6 is 11.6 Å². The second kappa shape index (κ2) is 7.55. The number of rotatable bonds is 5. The van der Waals surface area contributed by atoms with Gasteiger partial charge in [-0.25, -0.2) is 15.4 Å². The van der Waals surface area contributed by atoms with Gasteiger partial charge in [0.25, 0.3) is 0 Å². The maximum atomic E-state index is 11.3. The fraction of sp³-hybridized carbons (Fsp3) is 0.400. The number of aromatic nitrogens is 3. The van der Waals surface area contributed by atoms with Crippen molar-refractivity contribution in [2.24, 2.45) is 5.92 Å². The summed E-state index contributed by atoms with van der Waals surface area (Å²) >= 11 is 5.97. The Morgan fingerprint density at radius 3 is 2.66 bits per heavy atom. The molecule has 4 rings (SSSR count). The van der Waals surface area contributed by atoms with Crippen molar-refractivity contribution in [3.05, 3.63) is 53.4 Å². The van der Waals surface area contributed by atoms with Crippen LogP contribution in [0.2, 0.25) is 5.02 Å². The normalized spacial score (nSPS) is 26.6. The molecule has 5 atom stereocenters. The first kappa shape index (κ1) is 20.1. The molecule has 3 N–H and O–H groups in total. The summed E-state index contributed by atoms with van der Waals surface area (Å²) in [6.07, 6.45) is 0.992. The number of benzene rings is 1. The second-order valence-electron chi connectivity index (χ2n) is 7.44. The Kier molecular flexibility index (Phi) is 5.22. The number of hydrogen-bond donors (Lipinski definition) is 3. The molecule has 1 aliphatic rings. The summed E-state index contributed by atoms with van der Waals surface area (Å²) in [5, 5.41) is 23.5. The van der Waals surface area contributed by atoms with Crippen molar-refractivity contribution in [2.75, 3.05) is 12.6 Å². The summed E-state index contributed by atoms with van der Waals surface area (Å²) in [5.74, 6) is 0.183. The highest BCUT2D eigenvalue weighted by atomic mass is 35.5. The van der Waals surface area contributed by atoms with E-state index in [4.69, 9.17) is 21.2 Å². The number of aliphatic hydroxyl groups excluding tert-OH is 1. The van der Waals surface area contributed by atoms with Crippen molar-refractivity contribution in [1.82, 2.24) is 14.5 Å². The van der Waals surface area contributed by atoms with Gasteiger partial charge >= 0.3 is 0 Å². The van der Waals surface area contributed by atoms with Crippen LogP contribution in [0, 0.1) is 5.92 Å². The van der Waals surface area contributed by atoms with Gasteiger partial charge in [-0.05, 0) is 30.7 Å². The lowest BCUT2D eigenvalue weighted by Gasteiger charge is -2.32. The van der Waals surface area contributed by atoms with Crippen molar-refractivity contribution in [3.8, 4) is 0 Å². The van der Waals surface area contributed by atoms with Gasteiger partial charge in [0, 0.05) is 17.1 Å². The van der Waals surface area contributed by atoms with Gasteiger partial charge in [-0.1, -0.05) is 30.7 Å². The molecule has 3 heterocycles. The molecule has 9 heteroatoms. The first-order valence-corrected chi connectivity index (χ1v) is 9.65. The van der Waals surface area contributed by atoms with Crippen molar-refractivity contribution < 1.29 is 19.8 Å². The Morgan fingerprint density at radius 1 is 1.24 bits per heavy atom. The molecule has 1 aromatic carbocycles. The van der Waals surface area contributed by atoms with Crippen LogP contribution in [0.25, 0.3) is 11.0 Å². The first-order valence-electron chi connectivity index (χ1n) is 9.27. The van der Waals surface area contributed by atoms with Gasteiger partial charge in [0.2, 0.25) is 0 Å². The minimum Gasteiger partial charge on any atom is -0.388 e. The van der Waals surface area contributed by atoms with E-state index in [0.717, 1.165) is 5.39 Å². The minimum absolute atomic E-state index is 0.332. The number of ether oxygens (including phenoxy) is 1. The summed E-state index contributed by atoms with van der Waals surface area (Å²) in [7, 11) is 1.50. The van der Waals surface area contributed by atoms with Crippen LogP contribution in [0.4, 0.5) is 5.82 Å². The van der Waals surface area contributed by atoms with Crippen molar-refractivity contribution in [1.29, 1.82) is 0 Å². The average molecular weight is 419 g/mol. The van der Waals surface area contributed by atoms with Crippen molar-refractivity contribution in [3.63, 3.8) is 0 Å². The number of hydrogen-bond acceptors (Lipinski definition) is 7. The van der Waals surface area contributed by atoms with E-state index in [1.807, 2.05) is 13.0 Å². The molecular formula is C20H23ClN4O4. The molecule has 0 radical (unpaired) electrons. The topological polar surface area (TPSA) is 102 Å². The van der Waals surface area contributed by atoms with Gasteiger partial charge in [-0.3, -0.25) is 4.84 Å². The predicted molar refractivity (Wildman–Crippen MR) is 108 cm³/mol. The summed E-state index contributed by atoms with van der Waals surface area (Å²) in [5.41, 5.74) is 2.65. The molecule has 0 saturated carbocycles. The molecule has 0 spiro atoms. The van der Waals surface area contributed by atoms with E-state index >= 15 is 0 Å². The fourth-order valence-corrected chi connectivity index (χ4v) is 4.10. The van der Waals surface area contributed by atoms with E-state index in [1.165, 1.54) is 13.4 Å². The van der Waals surface area contributed by atoms with Gasteiger partial charge in [-0.2, -0.15) is 0 Å². The maximum absolute atomic E-state index is 11.3. The monoisotopic (exact) mass is 418 g/mol. The number of nitrogens with zero attached hydrogens (tertiary/aromatic N) is 3. The standard InChI is InChI=1S/C20H23ClN4O4/c1-11-15(26)19(25-9-8-14-17(24-28-3)22-10-23-18(14)25)29-16(11)20(2,27)12-4-6-13(21)7-5-12/h4-11,15-16,19,26-27H,1-3H3,(H,22,23,24)/t11-,15+,16-,19+,20+/m0/s1. The Morgan fingerprint density at radius 2 is 1.97 bits per heavy atom. The highest BCUT2D eigenvalue weighted by Gasteiger charge is 2.50. The fourth-order valence-electron chi connectivity index (χ4n) is 3.97. The van der Waals surface area contributed by atoms with Crippen LogP contribution in [0.3, 0.4) is 0 Å². The van der Waals surface area contributed by atoms with Crippen LogP contribution < -0.4 is 5.48 Å². The van der Waals surface area contributed by atoms with E-state index in [2.05, 4.69) is 15.4 Å². The zero-order valence-electron chi connectivity index (χ0n) is 16.3. The van der Waals surface area contributed by atoms with Gasteiger partial charge in [0.15, 0.2) is 12.0 Å². The van der Waals surface area contributed by atoms with Gasteiger partial charge in [-0.15, -0.1) is 0 Å². The van der Waals surface area contributed by atoms with Crippen LogP contribution in [0.5, 0.6) is 0 Å². The first-order chi connectivity index (χ1) is 13.8. The van der Waals surface area contributed by atoms with Gasteiger partial charge in [0.05, 0.1) is 18.6 Å². The maximum Gasteiger partial charge on any atom is 0.162 e. The molecule has 0 aliphatic carbocycles. The lowest BCUT2D eigenvalue weighted by molar-refractivity contribution is -0.125. The number of anilines is 1. The van der Waals surface area contributed by atoms with E-state index in [0.29, 0.717) is 22.1 Å². The Balaban J connectivity index is 1.68. The molecule has 0 amide bonds. The molecule has 8 nitrogen and oxygen atoms in total. The van der Waals surface area contributed by atoms with Crippen molar-refractivity contribution >= 4 is 28.5 Å². The van der Waals surface area contributed by atoms with Crippen LogP contribution in [0.15, 0.2) is 42.9 Å². The third-order valence-corrected chi connectivity index (χ3v) is 5.81. The molecule has 3 aromatic rings. The highest BCUT2D eigenvalue weighted by Crippen LogP contribution is 2.43. The third-order valence-electron chi connectivity index (χ3n) is 5.56. The minimum atomic E-state index is -1.32. The van der Waals surface area contributed by atoms with E-state index in [1.54, 1.807) is 42.0 Å². The smallest absolute Gasteiger partial charge is 0.162 e. The lowest BCUT2D eigenvalue weighted by Crippen LogP contribution is -2.40. The molecular weight excluding hydrogens is 396 g/mol. The van der Waals surface area contributed by atoms with Crippen LogP contribution in [-0.2, 0) is 15.2 Å². The number of fused-ring (bicyclic) bond motifs is 1.